The van der Waals surface area contributed by atoms with Crippen LogP contribution < -0.4 is 5.56 Å². The molecule has 2 aromatic heterocycles. The summed E-state index contributed by atoms with van der Waals surface area (Å²) in [5.74, 6) is -0.436. The molecule has 0 atom stereocenters. The maximum Gasteiger partial charge on any atom is 0.276 e. The van der Waals surface area contributed by atoms with Crippen LogP contribution in [0, 0.1) is 5.82 Å². The zero-order chi connectivity index (χ0) is 20.0. The number of hydrogen-bond acceptors (Lipinski definition) is 2. The molecule has 0 unspecified atom stereocenters. The lowest BCUT2D eigenvalue weighted by atomic mass is 10.0. The normalized spacial score (nSPS) is 11.4. The Bertz CT molecular complexity index is 1410. The second kappa shape index (κ2) is 6.87. The molecule has 0 aliphatic carbocycles. The minimum Gasteiger partial charge on any atom is -0.308 e. The van der Waals surface area contributed by atoms with Crippen LogP contribution in [0.25, 0.3) is 27.5 Å². The number of benzene rings is 3. The minimum absolute atomic E-state index is 0.0512. The smallest absolute Gasteiger partial charge is 0.276 e. The molecule has 0 aliphatic rings. The van der Waals surface area contributed by atoms with Gasteiger partial charge in [-0.15, -0.1) is 0 Å². The first kappa shape index (κ1) is 17.6. The van der Waals surface area contributed by atoms with Crippen LogP contribution in [0.4, 0.5) is 4.39 Å². The van der Waals surface area contributed by atoms with Crippen molar-refractivity contribution in [2.45, 2.75) is 6.54 Å². The predicted molar refractivity (Wildman–Crippen MR) is 113 cm³/mol. The lowest BCUT2D eigenvalue weighted by Crippen LogP contribution is -2.22. The van der Waals surface area contributed by atoms with E-state index in [1.54, 1.807) is 35.1 Å². The monoisotopic (exact) mass is 403 g/mol. The summed E-state index contributed by atoms with van der Waals surface area (Å²) in [4.78, 5) is 13.0. The molecule has 142 valence electrons. The zero-order valence-electron chi connectivity index (χ0n) is 15.2. The summed E-state index contributed by atoms with van der Waals surface area (Å²) in [7, 11) is 0. The van der Waals surface area contributed by atoms with Gasteiger partial charge in [0.05, 0.1) is 12.2 Å². The van der Waals surface area contributed by atoms with E-state index in [9.17, 15) is 9.18 Å². The van der Waals surface area contributed by atoms with E-state index in [0.29, 0.717) is 16.2 Å². The lowest BCUT2D eigenvalue weighted by molar-refractivity contribution is 0.595. The van der Waals surface area contributed by atoms with Crippen LogP contribution >= 0.6 is 11.6 Å². The third-order valence-electron chi connectivity index (χ3n) is 5.06. The molecule has 29 heavy (non-hydrogen) atoms. The molecule has 2 heterocycles. The molecule has 0 saturated heterocycles. The fourth-order valence-electron chi connectivity index (χ4n) is 3.58. The van der Waals surface area contributed by atoms with Crippen molar-refractivity contribution in [2.24, 2.45) is 0 Å². The highest BCUT2D eigenvalue weighted by molar-refractivity contribution is 6.31. The maximum atomic E-state index is 14.1. The van der Waals surface area contributed by atoms with Crippen LogP contribution in [0.1, 0.15) is 5.56 Å². The van der Waals surface area contributed by atoms with Gasteiger partial charge in [0.25, 0.3) is 5.56 Å². The third kappa shape index (κ3) is 3.00. The largest absolute Gasteiger partial charge is 0.308 e. The van der Waals surface area contributed by atoms with Gasteiger partial charge in [-0.2, -0.15) is 5.10 Å². The molecule has 0 radical (unpaired) electrons. The van der Waals surface area contributed by atoms with Crippen LogP contribution in [0.2, 0.25) is 5.02 Å². The van der Waals surface area contributed by atoms with Crippen molar-refractivity contribution in [2.75, 3.05) is 0 Å². The molecule has 0 saturated carbocycles. The first-order valence-electron chi connectivity index (χ1n) is 9.12. The van der Waals surface area contributed by atoms with Gasteiger partial charge in [0.1, 0.15) is 11.3 Å². The number of nitrogens with zero attached hydrogens (tertiary/aromatic N) is 3. The van der Waals surface area contributed by atoms with Crippen LogP contribution in [-0.4, -0.2) is 14.2 Å². The van der Waals surface area contributed by atoms with Crippen molar-refractivity contribution in [3.8, 4) is 11.3 Å². The number of halogens is 2. The first-order valence-corrected chi connectivity index (χ1v) is 9.49. The second-order valence-corrected chi connectivity index (χ2v) is 7.22. The summed E-state index contributed by atoms with van der Waals surface area (Å²) in [6, 6.07) is 20.3. The standard InChI is InChI=1S/C23H15ClFN3O/c24-19-9-4-10-20(25)18(19)14-27-11-12-28-22(23(27)29)13-21(26-28)17-8-3-6-15-5-1-2-7-16(15)17/h1-13H,14H2. The molecule has 5 rings (SSSR count). The van der Waals surface area contributed by atoms with E-state index in [-0.39, 0.29) is 17.7 Å². The van der Waals surface area contributed by atoms with E-state index in [1.165, 1.54) is 10.6 Å². The van der Waals surface area contributed by atoms with Crippen molar-refractivity contribution in [3.63, 3.8) is 0 Å². The molecular weight excluding hydrogens is 389 g/mol. The molecule has 0 aliphatic heterocycles. The molecule has 6 heteroatoms. The highest BCUT2D eigenvalue weighted by Gasteiger charge is 2.13. The highest BCUT2D eigenvalue weighted by atomic mass is 35.5. The Kier molecular flexibility index (Phi) is 4.18. The minimum atomic E-state index is -0.436. The highest BCUT2D eigenvalue weighted by Crippen LogP contribution is 2.28. The molecule has 0 bridgehead atoms. The number of fused-ring (bicyclic) bond motifs is 2. The number of rotatable bonds is 3. The van der Waals surface area contributed by atoms with Crippen molar-refractivity contribution in [3.05, 3.63) is 106 Å². The van der Waals surface area contributed by atoms with E-state index in [0.717, 1.165) is 16.3 Å². The average Bonchev–Trinajstić information content (AvgIpc) is 3.17. The Labute approximate surface area is 170 Å². The first-order chi connectivity index (χ1) is 14.1. The Morgan fingerprint density at radius 3 is 2.62 bits per heavy atom. The van der Waals surface area contributed by atoms with Gasteiger partial charge in [-0.25, -0.2) is 8.91 Å². The Balaban J connectivity index is 1.63. The third-order valence-corrected chi connectivity index (χ3v) is 5.41. The van der Waals surface area contributed by atoms with Crippen LogP contribution in [-0.2, 0) is 6.54 Å². The summed E-state index contributed by atoms with van der Waals surface area (Å²) in [6.07, 6.45) is 3.29. The SMILES string of the molecule is O=c1c2cc(-c3cccc4ccccc34)nn2ccn1Cc1c(F)cccc1Cl. The van der Waals surface area contributed by atoms with Gasteiger partial charge in [0.2, 0.25) is 0 Å². The van der Waals surface area contributed by atoms with Crippen molar-refractivity contribution >= 4 is 27.9 Å². The zero-order valence-corrected chi connectivity index (χ0v) is 16.0. The molecular formula is C23H15ClFN3O. The van der Waals surface area contributed by atoms with E-state index in [2.05, 4.69) is 5.10 Å². The van der Waals surface area contributed by atoms with Crippen molar-refractivity contribution < 1.29 is 4.39 Å². The topological polar surface area (TPSA) is 39.3 Å². The van der Waals surface area contributed by atoms with E-state index < -0.39 is 5.82 Å². The van der Waals surface area contributed by atoms with Crippen molar-refractivity contribution in [1.82, 2.24) is 14.2 Å². The van der Waals surface area contributed by atoms with Crippen molar-refractivity contribution in [1.29, 1.82) is 0 Å². The summed E-state index contributed by atoms with van der Waals surface area (Å²) in [5.41, 5.74) is 2.11. The van der Waals surface area contributed by atoms with Gasteiger partial charge in [0, 0.05) is 28.5 Å². The van der Waals surface area contributed by atoms with Gasteiger partial charge in [-0.05, 0) is 29.0 Å². The number of hydrogen-bond donors (Lipinski definition) is 0. The fourth-order valence-corrected chi connectivity index (χ4v) is 3.81. The molecule has 3 aromatic carbocycles. The Morgan fingerprint density at radius 2 is 1.76 bits per heavy atom. The lowest BCUT2D eigenvalue weighted by Gasteiger charge is -2.08. The Morgan fingerprint density at radius 1 is 0.966 bits per heavy atom. The van der Waals surface area contributed by atoms with Gasteiger partial charge in [-0.3, -0.25) is 4.79 Å². The fraction of sp³-hybridized carbons (Fsp3) is 0.0435. The predicted octanol–water partition coefficient (Wildman–Crippen LogP) is 5.16. The summed E-state index contributed by atoms with van der Waals surface area (Å²) in [5, 5.41) is 7.05. The van der Waals surface area contributed by atoms with Gasteiger partial charge in [0.15, 0.2) is 0 Å². The molecule has 0 fully saturated rings. The molecule has 0 N–H and O–H groups in total. The van der Waals surface area contributed by atoms with Gasteiger partial charge < -0.3 is 4.57 Å². The molecule has 0 spiro atoms. The van der Waals surface area contributed by atoms with E-state index in [4.69, 9.17) is 11.6 Å². The van der Waals surface area contributed by atoms with E-state index in [1.807, 2.05) is 42.5 Å². The number of aromatic nitrogens is 3. The summed E-state index contributed by atoms with van der Waals surface area (Å²) >= 11 is 6.12. The van der Waals surface area contributed by atoms with Crippen LogP contribution in [0.3, 0.4) is 0 Å². The van der Waals surface area contributed by atoms with Crippen LogP contribution in [0.15, 0.2) is 83.9 Å². The second-order valence-electron chi connectivity index (χ2n) is 6.82. The Hall–Kier alpha value is -3.44. The average molecular weight is 404 g/mol. The molecule has 0 amide bonds. The quantitative estimate of drug-likeness (QED) is 0.417. The van der Waals surface area contributed by atoms with Gasteiger partial charge in [-0.1, -0.05) is 60.1 Å². The molecule has 4 nitrogen and oxygen atoms in total. The van der Waals surface area contributed by atoms with Gasteiger partial charge >= 0.3 is 0 Å². The summed E-state index contributed by atoms with van der Waals surface area (Å²) in [6.45, 7) is 0.0512. The van der Waals surface area contributed by atoms with E-state index >= 15 is 0 Å². The summed E-state index contributed by atoms with van der Waals surface area (Å²) < 4.78 is 17.1. The maximum absolute atomic E-state index is 14.1. The van der Waals surface area contributed by atoms with Crippen LogP contribution in [0.5, 0.6) is 0 Å². The molecule has 5 aromatic rings.